The summed E-state index contributed by atoms with van der Waals surface area (Å²) in [6.07, 6.45) is 4.33. The lowest BCUT2D eigenvalue weighted by Crippen LogP contribution is -1.90. The third-order valence-electron chi connectivity index (χ3n) is 2.06. The SMILES string of the molecule is [CH2]/C=C(\F)c1ccc(Oc2ncccn2)cc1. The van der Waals surface area contributed by atoms with Gasteiger partial charge in [-0.25, -0.2) is 14.4 Å². The van der Waals surface area contributed by atoms with Crippen LogP contribution in [0, 0.1) is 6.92 Å². The number of hydrogen-bond acceptors (Lipinski definition) is 3. The number of allylic oxidation sites excluding steroid dienone is 1. The third kappa shape index (κ3) is 2.87. The quantitative estimate of drug-likeness (QED) is 0.808. The van der Waals surface area contributed by atoms with Crippen molar-refractivity contribution >= 4 is 5.83 Å². The number of rotatable bonds is 3. The summed E-state index contributed by atoms with van der Waals surface area (Å²) in [5.41, 5.74) is 0.460. The molecule has 0 atom stereocenters. The predicted octanol–water partition coefficient (Wildman–Crippen LogP) is 3.41. The first-order valence-corrected chi connectivity index (χ1v) is 5.00. The maximum atomic E-state index is 13.2. The minimum absolute atomic E-state index is 0.258. The Morgan fingerprint density at radius 1 is 1.18 bits per heavy atom. The number of benzene rings is 1. The minimum Gasteiger partial charge on any atom is -0.424 e. The molecule has 4 heteroatoms. The zero-order chi connectivity index (χ0) is 12.1. The Bertz CT molecular complexity index is 509. The molecule has 1 aromatic heterocycles. The number of hydrogen-bond donors (Lipinski definition) is 0. The van der Waals surface area contributed by atoms with Crippen LogP contribution in [0.4, 0.5) is 4.39 Å². The number of aromatic nitrogens is 2. The van der Waals surface area contributed by atoms with Crippen molar-refractivity contribution in [1.29, 1.82) is 0 Å². The van der Waals surface area contributed by atoms with E-state index in [4.69, 9.17) is 4.74 Å². The first-order chi connectivity index (χ1) is 8.29. The summed E-state index contributed by atoms with van der Waals surface area (Å²) in [7, 11) is 0. The van der Waals surface area contributed by atoms with Crippen LogP contribution in [-0.4, -0.2) is 9.97 Å². The molecular weight excluding hydrogens is 219 g/mol. The fraction of sp³-hybridized carbons (Fsp3) is 0. The maximum absolute atomic E-state index is 13.2. The molecule has 1 radical (unpaired) electrons. The second kappa shape index (κ2) is 5.21. The summed E-state index contributed by atoms with van der Waals surface area (Å²) in [4.78, 5) is 7.84. The van der Waals surface area contributed by atoms with Crippen LogP contribution in [0.3, 0.4) is 0 Å². The van der Waals surface area contributed by atoms with Gasteiger partial charge in [0.1, 0.15) is 11.6 Å². The zero-order valence-electron chi connectivity index (χ0n) is 9.01. The van der Waals surface area contributed by atoms with E-state index in [1.807, 2.05) is 0 Å². The summed E-state index contributed by atoms with van der Waals surface area (Å²) < 4.78 is 18.5. The van der Waals surface area contributed by atoms with E-state index in [-0.39, 0.29) is 11.8 Å². The van der Waals surface area contributed by atoms with Gasteiger partial charge in [0, 0.05) is 18.0 Å². The van der Waals surface area contributed by atoms with Crippen LogP contribution < -0.4 is 4.74 Å². The molecule has 0 N–H and O–H groups in total. The predicted molar refractivity (Wildman–Crippen MR) is 63.0 cm³/mol. The molecule has 0 aliphatic heterocycles. The van der Waals surface area contributed by atoms with E-state index in [2.05, 4.69) is 16.9 Å². The molecular formula is C13H10FN2O. The van der Waals surface area contributed by atoms with Crippen LogP contribution in [-0.2, 0) is 0 Å². The van der Waals surface area contributed by atoms with Crippen LogP contribution in [0.2, 0.25) is 0 Å². The molecule has 0 saturated carbocycles. The van der Waals surface area contributed by atoms with Crippen LogP contribution in [0.1, 0.15) is 5.56 Å². The summed E-state index contributed by atoms with van der Waals surface area (Å²) in [6.45, 7) is 3.36. The van der Waals surface area contributed by atoms with Gasteiger partial charge in [-0.15, -0.1) is 0 Å². The van der Waals surface area contributed by atoms with Gasteiger partial charge in [-0.1, -0.05) is 0 Å². The molecule has 17 heavy (non-hydrogen) atoms. The monoisotopic (exact) mass is 229 g/mol. The minimum atomic E-state index is -0.368. The van der Waals surface area contributed by atoms with Crippen molar-refractivity contribution in [2.75, 3.05) is 0 Å². The highest BCUT2D eigenvalue weighted by Crippen LogP contribution is 2.21. The average Bonchev–Trinajstić information content (AvgIpc) is 2.40. The fourth-order valence-corrected chi connectivity index (χ4v) is 1.24. The van der Waals surface area contributed by atoms with E-state index < -0.39 is 0 Å². The highest BCUT2D eigenvalue weighted by atomic mass is 19.1. The second-order valence-corrected chi connectivity index (χ2v) is 3.21. The van der Waals surface area contributed by atoms with Crippen LogP contribution >= 0.6 is 0 Å². The Balaban J connectivity index is 2.14. The van der Waals surface area contributed by atoms with Crippen molar-refractivity contribution in [3.8, 4) is 11.8 Å². The van der Waals surface area contributed by atoms with Gasteiger partial charge < -0.3 is 4.74 Å². The van der Waals surface area contributed by atoms with Gasteiger partial charge in [-0.05, 0) is 43.3 Å². The van der Waals surface area contributed by atoms with Crippen molar-refractivity contribution in [2.45, 2.75) is 0 Å². The molecule has 2 rings (SSSR count). The first kappa shape index (κ1) is 11.3. The number of halogens is 1. The van der Waals surface area contributed by atoms with Crippen molar-refractivity contribution in [3.05, 3.63) is 61.3 Å². The Hall–Kier alpha value is -2.23. The normalized spacial score (nSPS) is 11.3. The largest absolute Gasteiger partial charge is 0.424 e. The Morgan fingerprint density at radius 3 is 2.41 bits per heavy atom. The second-order valence-electron chi connectivity index (χ2n) is 3.21. The van der Waals surface area contributed by atoms with E-state index in [0.29, 0.717) is 11.3 Å². The van der Waals surface area contributed by atoms with E-state index in [1.54, 1.807) is 42.7 Å². The Labute approximate surface area is 98.6 Å². The van der Waals surface area contributed by atoms with E-state index in [9.17, 15) is 4.39 Å². The van der Waals surface area contributed by atoms with Crippen molar-refractivity contribution < 1.29 is 9.13 Å². The smallest absolute Gasteiger partial charge is 0.321 e. The number of ether oxygens (including phenoxy) is 1. The van der Waals surface area contributed by atoms with Gasteiger partial charge >= 0.3 is 6.01 Å². The lowest BCUT2D eigenvalue weighted by Gasteiger charge is -2.03. The van der Waals surface area contributed by atoms with Crippen LogP contribution in [0.15, 0.2) is 48.8 Å². The molecule has 0 amide bonds. The van der Waals surface area contributed by atoms with E-state index >= 15 is 0 Å². The van der Waals surface area contributed by atoms with E-state index in [0.717, 1.165) is 6.08 Å². The topological polar surface area (TPSA) is 35.0 Å². The molecule has 0 fully saturated rings. The van der Waals surface area contributed by atoms with Crippen LogP contribution in [0.5, 0.6) is 11.8 Å². The lowest BCUT2D eigenvalue weighted by atomic mass is 10.2. The summed E-state index contributed by atoms with van der Waals surface area (Å²) in [5, 5.41) is 0. The average molecular weight is 229 g/mol. The van der Waals surface area contributed by atoms with Gasteiger partial charge in [0.25, 0.3) is 0 Å². The van der Waals surface area contributed by atoms with Gasteiger partial charge in [0.15, 0.2) is 0 Å². The molecule has 0 bridgehead atoms. The summed E-state index contributed by atoms with van der Waals surface area (Å²) in [6, 6.07) is 8.46. The standard InChI is InChI=1S/C13H10FN2O/c1-2-12(14)10-4-6-11(7-5-10)17-13-15-8-3-9-16-13/h2-9H,1H2/b12-2-. The third-order valence-corrected chi connectivity index (χ3v) is 2.06. The Morgan fingerprint density at radius 2 is 1.82 bits per heavy atom. The molecule has 0 aliphatic carbocycles. The van der Waals surface area contributed by atoms with Gasteiger partial charge in [-0.2, -0.15) is 0 Å². The molecule has 1 heterocycles. The highest BCUT2D eigenvalue weighted by molar-refractivity contribution is 5.60. The number of nitrogens with zero attached hydrogens (tertiary/aromatic N) is 2. The molecule has 0 spiro atoms. The molecule has 85 valence electrons. The van der Waals surface area contributed by atoms with E-state index in [1.165, 1.54) is 0 Å². The fourth-order valence-electron chi connectivity index (χ4n) is 1.24. The van der Waals surface area contributed by atoms with Gasteiger partial charge in [0.05, 0.1) is 0 Å². The maximum Gasteiger partial charge on any atom is 0.321 e. The Kier molecular flexibility index (Phi) is 3.45. The highest BCUT2D eigenvalue weighted by Gasteiger charge is 2.01. The molecule has 0 unspecified atom stereocenters. The first-order valence-electron chi connectivity index (χ1n) is 5.00. The summed E-state index contributed by atoms with van der Waals surface area (Å²) >= 11 is 0. The lowest BCUT2D eigenvalue weighted by molar-refractivity contribution is 0.441. The van der Waals surface area contributed by atoms with Crippen LogP contribution in [0.25, 0.3) is 5.83 Å². The van der Waals surface area contributed by atoms with Gasteiger partial charge in [-0.3, -0.25) is 0 Å². The molecule has 1 aromatic carbocycles. The summed E-state index contributed by atoms with van der Waals surface area (Å²) in [5.74, 6) is 0.185. The molecule has 2 aromatic rings. The molecule has 3 nitrogen and oxygen atoms in total. The van der Waals surface area contributed by atoms with Crippen molar-refractivity contribution in [3.63, 3.8) is 0 Å². The van der Waals surface area contributed by atoms with Gasteiger partial charge in [0.2, 0.25) is 0 Å². The molecule has 0 aliphatic rings. The molecule has 0 saturated heterocycles. The van der Waals surface area contributed by atoms with Crippen molar-refractivity contribution in [2.24, 2.45) is 0 Å². The van der Waals surface area contributed by atoms with Crippen molar-refractivity contribution in [1.82, 2.24) is 9.97 Å². The zero-order valence-corrected chi connectivity index (χ0v) is 9.01.